The number of carbonyl (C=O) groups excluding carboxylic acids is 2. The van der Waals surface area contributed by atoms with Crippen LogP contribution in [-0.2, 0) is 4.79 Å². The number of piperazine rings is 1. The van der Waals surface area contributed by atoms with Crippen molar-refractivity contribution < 1.29 is 14.7 Å². The minimum Gasteiger partial charge on any atom is -0.507 e. The van der Waals surface area contributed by atoms with Gasteiger partial charge in [-0.3, -0.25) is 9.59 Å². The largest absolute Gasteiger partial charge is 0.507 e. The monoisotopic (exact) mass is 337 g/mol. The Kier molecular flexibility index (Phi) is 6.29. The number of nitrogens with zero attached hydrogens (tertiary/aromatic N) is 2. The fourth-order valence-corrected chi connectivity index (χ4v) is 3.05. The van der Waals surface area contributed by atoms with Crippen molar-refractivity contribution in [2.24, 2.45) is 5.73 Å². The van der Waals surface area contributed by atoms with Gasteiger partial charge in [0.2, 0.25) is 5.91 Å². The molecule has 1 aliphatic rings. The molecule has 0 radical (unpaired) electrons. The first-order valence-electron chi connectivity index (χ1n) is 7.65. The van der Waals surface area contributed by atoms with Crippen molar-refractivity contribution in [3.8, 4) is 5.75 Å². The normalized spacial score (nSPS) is 16.3. The summed E-state index contributed by atoms with van der Waals surface area (Å²) in [6, 6.07) is 6.03. The van der Waals surface area contributed by atoms with Crippen molar-refractivity contribution in [3.05, 3.63) is 29.8 Å². The van der Waals surface area contributed by atoms with Crippen LogP contribution in [0.4, 0.5) is 0 Å². The fourth-order valence-electron chi connectivity index (χ4n) is 2.56. The van der Waals surface area contributed by atoms with Gasteiger partial charge in [-0.15, -0.1) is 0 Å². The molecule has 6 nitrogen and oxygen atoms in total. The van der Waals surface area contributed by atoms with Crippen molar-refractivity contribution in [1.82, 2.24) is 9.80 Å². The average molecular weight is 337 g/mol. The minimum absolute atomic E-state index is 0.0184. The zero-order valence-corrected chi connectivity index (χ0v) is 14.1. The smallest absolute Gasteiger partial charge is 0.257 e. The molecule has 1 aromatic carbocycles. The van der Waals surface area contributed by atoms with Crippen molar-refractivity contribution in [1.29, 1.82) is 0 Å². The van der Waals surface area contributed by atoms with Crippen molar-refractivity contribution in [2.45, 2.75) is 12.5 Å². The predicted octanol–water partition coefficient (Wildman–Crippen LogP) is 0.757. The van der Waals surface area contributed by atoms with Crippen LogP contribution in [0.2, 0.25) is 0 Å². The fraction of sp³-hybridized carbons (Fsp3) is 0.500. The highest BCUT2D eigenvalue weighted by Gasteiger charge is 2.28. The number of amides is 2. The molecule has 1 fully saturated rings. The number of nitrogens with two attached hydrogens (primary N) is 1. The van der Waals surface area contributed by atoms with Gasteiger partial charge in [0.15, 0.2) is 0 Å². The lowest BCUT2D eigenvalue weighted by Crippen LogP contribution is -2.54. The zero-order chi connectivity index (χ0) is 16.8. The summed E-state index contributed by atoms with van der Waals surface area (Å²) >= 11 is 1.67. The third kappa shape index (κ3) is 4.39. The van der Waals surface area contributed by atoms with E-state index in [0.29, 0.717) is 38.2 Å². The van der Waals surface area contributed by atoms with Crippen molar-refractivity contribution in [3.63, 3.8) is 0 Å². The van der Waals surface area contributed by atoms with Crippen LogP contribution in [0.5, 0.6) is 5.75 Å². The Hall–Kier alpha value is -1.73. The van der Waals surface area contributed by atoms with Crippen LogP contribution < -0.4 is 5.73 Å². The maximum absolute atomic E-state index is 12.4. The molecule has 1 heterocycles. The molecule has 0 aliphatic carbocycles. The van der Waals surface area contributed by atoms with Gasteiger partial charge < -0.3 is 20.6 Å². The SMILES string of the molecule is CSCC[C@H](N)C(=O)N1CCN(C(=O)c2ccccc2O)CC1. The first-order chi connectivity index (χ1) is 11.0. The molecule has 126 valence electrons. The molecule has 0 saturated carbocycles. The summed E-state index contributed by atoms with van der Waals surface area (Å²) < 4.78 is 0. The summed E-state index contributed by atoms with van der Waals surface area (Å²) in [5, 5.41) is 9.78. The lowest BCUT2D eigenvalue weighted by molar-refractivity contribution is -0.134. The van der Waals surface area contributed by atoms with Gasteiger partial charge in [0.25, 0.3) is 5.91 Å². The van der Waals surface area contributed by atoms with Crippen LogP contribution in [-0.4, -0.2) is 71.0 Å². The Morgan fingerprint density at radius 3 is 2.43 bits per heavy atom. The van der Waals surface area contributed by atoms with E-state index in [1.165, 1.54) is 6.07 Å². The number of rotatable bonds is 5. The van der Waals surface area contributed by atoms with Crippen LogP contribution in [0, 0.1) is 0 Å². The Labute approximate surface area is 140 Å². The molecule has 1 saturated heterocycles. The van der Waals surface area contributed by atoms with Gasteiger partial charge in [-0.05, 0) is 30.6 Å². The second-order valence-corrected chi connectivity index (χ2v) is 6.51. The number of carbonyl (C=O) groups is 2. The predicted molar refractivity (Wildman–Crippen MR) is 91.6 cm³/mol. The number of phenols is 1. The molecule has 0 bridgehead atoms. The lowest BCUT2D eigenvalue weighted by atomic mass is 10.1. The molecule has 1 aromatic rings. The molecule has 1 aliphatic heterocycles. The summed E-state index contributed by atoms with van der Waals surface area (Å²) in [5.74, 6) is 0.587. The standard InChI is InChI=1S/C16H23N3O3S/c1-23-11-6-13(17)16(22)19-9-7-18(8-10-19)15(21)12-4-2-3-5-14(12)20/h2-5,13,20H,6-11,17H2,1H3/t13-/m0/s1. The van der Waals surface area contributed by atoms with E-state index in [1.54, 1.807) is 39.8 Å². The quantitative estimate of drug-likeness (QED) is 0.828. The molecule has 7 heteroatoms. The Morgan fingerprint density at radius 2 is 1.83 bits per heavy atom. The van der Waals surface area contributed by atoms with Crippen LogP contribution in [0.1, 0.15) is 16.8 Å². The van der Waals surface area contributed by atoms with Gasteiger partial charge in [0.1, 0.15) is 5.75 Å². The van der Waals surface area contributed by atoms with E-state index < -0.39 is 6.04 Å². The topological polar surface area (TPSA) is 86.9 Å². The van der Waals surface area contributed by atoms with Crippen molar-refractivity contribution in [2.75, 3.05) is 38.2 Å². The number of hydrogen-bond donors (Lipinski definition) is 2. The van der Waals surface area contributed by atoms with Crippen LogP contribution in [0.25, 0.3) is 0 Å². The number of hydrogen-bond acceptors (Lipinski definition) is 5. The highest BCUT2D eigenvalue weighted by atomic mass is 32.2. The molecule has 0 aromatic heterocycles. The molecule has 23 heavy (non-hydrogen) atoms. The van der Waals surface area contributed by atoms with Gasteiger partial charge in [0, 0.05) is 26.2 Å². The number of thioether (sulfide) groups is 1. The Bertz CT molecular complexity index is 559. The second-order valence-electron chi connectivity index (χ2n) is 5.52. The second kappa shape index (κ2) is 8.21. The van der Waals surface area contributed by atoms with Crippen molar-refractivity contribution >= 4 is 23.6 Å². The third-order valence-electron chi connectivity index (χ3n) is 3.96. The Balaban J connectivity index is 1.90. The molecule has 0 unspecified atom stereocenters. The van der Waals surface area contributed by atoms with Crippen LogP contribution >= 0.6 is 11.8 Å². The van der Waals surface area contributed by atoms with E-state index in [2.05, 4.69) is 0 Å². The highest BCUT2D eigenvalue weighted by Crippen LogP contribution is 2.19. The lowest BCUT2D eigenvalue weighted by Gasteiger charge is -2.36. The summed E-state index contributed by atoms with van der Waals surface area (Å²) in [6.07, 6.45) is 2.65. The van der Waals surface area contributed by atoms with Gasteiger partial charge in [-0.2, -0.15) is 11.8 Å². The Morgan fingerprint density at radius 1 is 1.22 bits per heavy atom. The van der Waals surface area contributed by atoms with E-state index in [0.717, 1.165) is 5.75 Å². The summed E-state index contributed by atoms with van der Waals surface area (Å²) in [5.41, 5.74) is 6.22. The summed E-state index contributed by atoms with van der Waals surface area (Å²) in [6.45, 7) is 1.86. The molecule has 1 atom stereocenters. The maximum Gasteiger partial charge on any atom is 0.257 e. The number of para-hydroxylation sites is 1. The maximum atomic E-state index is 12.4. The molecule has 2 rings (SSSR count). The van der Waals surface area contributed by atoms with E-state index in [-0.39, 0.29) is 17.6 Å². The first kappa shape index (κ1) is 17.6. The van der Waals surface area contributed by atoms with E-state index in [1.807, 2.05) is 6.26 Å². The third-order valence-corrected chi connectivity index (χ3v) is 4.61. The van der Waals surface area contributed by atoms with E-state index in [9.17, 15) is 14.7 Å². The number of phenolic OH excluding ortho intramolecular Hbond substituents is 1. The molecular weight excluding hydrogens is 314 g/mol. The highest BCUT2D eigenvalue weighted by molar-refractivity contribution is 7.98. The van der Waals surface area contributed by atoms with Crippen LogP contribution in [0.3, 0.4) is 0 Å². The molecule has 0 spiro atoms. The van der Waals surface area contributed by atoms with Gasteiger partial charge in [0.05, 0.1) is 11.6 Å². The molecule has 3 N–H and O–H groups in total. The van der Waals surface area contributed by atoms with Gasteiger partial charge >= 0.3 is 0 Å². The van der Waals surface area contributed by atoms with Crippen LogP contribution in [0.15, 0.2) is 24.3 Å². The first-order valence-corrected chi connectivity index (χ1v) is 9.04. The van der Waals surface area contributed by atoms with E-state index in [4.69, 9.17) is 5.73 Å². The summed E-state index contributed by atoms with van der Waals surface area (Å²) in [7, 11) is 0. The zero-order valence-electron chi connectivity index (χ0n) is 13.3. The molecule has 2 amide bonds. The van der Waals surface area contributed by atoms with Gasteiger partial charge in [-0.25, -0.2) is 0 Å². The number of aromatic hydroxyl groups is 1. The minimum atomic E-state index is -0.470. The summed E-state index contributed by atoms with van der Waals surface area (Å²) in [4.78, 5) is 28.0. The molecular formula is C16H23N3O3S. The van der Waals surface area contributed by atoms with Gasteiger partial charge in [-0.1, -0.05) is 12.1 Å². The van der Waals surface area contributed by atoms with E-state index >= 15 is 0 Å². The number of benzene rings is 1. The average Bonchev–Trinajstić information content (AvgIpc) is 2.59.